The van der Waals surface area contributed by atoms with Gasteiger partial charge in [0.2, 0.25) is 0 Å². The standard InChI is InChI=1S/C12H14BrN/c13-9-4-3-7-11-5-1-2-6-12(11)8-10-14/h1-2,5-6H,4,8-10,14H2. The molecule has 0 aromatic heterocycles. The zero-order valence-corrected chi connectivity index (χ0v) is 9.68. The largest absolute Gasteiger partial charge is 0.330 e. The maximum atomic E-state index is 5.53. The van der Waals surface area contributed by atoms with Gasteiger partial charge in [-0.05, 0) is 24.6 Å². The molecule has 74 valence electrons. The minimum Gasteiger partial charge on any atom is -0.330 e. The summed E-state index contributed by atoms with van der Waals surface area (Å²) in [4.78, 5) is 0. The van der Waals surface area contributed by atoms with Crippen molar-refractivity contribution >= 4 is 15.9 Å². The number of nitrogens with two attached hydrogens (primary N) is 1. The number of rotatable bonds is 3. The lowest BCUT2D eigenvalue weighted by molar-refractivity contribution is 0.965. The topological polar surface area (TPSA) is 26.0 Å². The van der Waals surface area contributed by atoms with Crippen LogP contribution in [0.1, 0.15) is 17.5 Å². The van der Waals surface area contributed by atoms with Crippen LogP contribution in [0.5, 0.6) is 0 Å². The molecule has 0 heterocycles. The van der Waals surface area contributed by atoms with Crippen LogP contribution in [0.3, 0.4) is 0 Å². The van der Waals surface area contributed by atoms with Gasteiger partial charge >= 0.3 is 0 Å². The Labute approximate surface area is 93.8 Å². The van der Waals surface area contributed by atoms with Crippen LogP contribution in [-0.4, -0.2) is 11.9 Å². The Balaban J connectivity index is 2.80. The average Bonchev–Trinajstić information content (AvgIpc) is 2.21. The molecular weight excluding hydrogens is 238 g/mol. The Morgan fingerprint density at radius 2 is 2.07 bits per heavy atom. The Morgan fingerprint density at radius 3 is 2.79 bits per heavy atom. The summed E-state index contributed by atoms with van der Waals surface area (Å²) in [5.41, 5.74) is 7.89. The van der Waals surface area contributed by atoms with Gasteiger partial charge in [0.25, 0.3) is 0 Å². The molecule has 0 aliphatic carbocycles. The van der Waals surface area contributed by atoms with Crippen LogP contribution in [0.15, 0.2) is 24.3 Å². The SMILES string of the molecule is NCCc1ccccc1C#CCCBr. The summed E-state index contributed by atoms with van der Waals surface area (Å²) in [5, 5.41) is 0.930. The molecule has 1 rings (SSSR count). The second kappa shape index (κ2) is 6.64. The summed E-state index contributed by atoms with van der Waals surface area (Å²) in [5.74, 6) is 6.28. The summed E-state index contributed by atoms with van der Waals surface area (Å²) < 4.78 is 0. The molecule has 1 aromatic carbocycles. The van der Waals surface area contributed by atoms with Crippen LogP contribution in [-0.2, 0) is 6.42 Å². The fraction of sp³-hybridized carbons (Fsp3) is 0.333. The first kappa shape index (κ1) is 11.3. The van der Waals surface area contributed by atoms with Gasteiger partial charge in [0.15, 0.2) is 0 Å². The molecule has 0 aliphatic heterocycles. The Morgan fingerprint density at radius 1 is 1.29 bits per heavy atom. The van der Waals surface area contributed by atoms with Gasteiger partial charge in [-0.1, -0.05) is 46.0 Å². The van der Waals surface area contributed by atoms with Crippen molar-refractivity contribution in [1.29, 1.82) is 0 Å². The van der Waals surface area contributed by atoms with Gasteiger partial charge in [0, 0.05) is 17.3 Å². The van der Waals surface area contributed by atoms with Gasteiger partial charge in [-0.25, -0.2) is 0 Å². The third-order valence-corrected chi connectivity index (χ3v) is 2.27. The second-order valence-electron chi connectivity index (χ2n) is 2.94. The lowest BCUT2D eigenvalue weighted by atomic mass is 10.1. The van der Waals surface area contributed by atoms with Gasteiger partial charge in [0.05, 0.1) is 0 Å². The number of benzene rings is 1. The number of halogens is 1. The fourth-order valence-electron chi connectivity index (χ4n) is 1.22. The summed E-state index contributed by atoms with van der Waals surface area (Å²) in [6.07, 6.45) is 1.79. The first-order chi connectivity index (χ1) is 6.88. The van der Waals surface area contributed by atoms with Crippen molar-refractivity contribution in [2.75, 3.05) is 11.9 Å². The molecule has 2 heteroatoms. The van der Waals surface area contributed by atoms with E-state index in [1.54, 1.807) is 0 Å². The van der Waals surface area contributed by atoms with E-state index in [4.69, 9.17) is 5.73 Å². The average molecular weight is 252 g/mol. The van der Waals surface area contributed by atoms with E-state index in [1.165, 1.54) is 5.56 Å². The molecule has 1 nitrogen and oxygen atoms in total. The fourth-order valence-corrected chi connectivity index (χ4v) is 1.42. The third kappa shape index (κ3) is 3.53. The molecule has 1 aromatic rings. The van der Waals surface area contributed by atoms with Crippen LogP contribution < -0.4 is 5.73 Å². The minimum atomic E-state index is 0.678. The molecule has 14 heavy (non-hydrogen) atoms. The maximum absolute atomic E-state index is 5.53. The Hall–Kier alpha value is -0.780. The molecule has 0 bridgehead atoms. The molecule has 2 N–H and O–H groups in total. The number of hydrogen-bond acceptors (Lipinski definition) is 1. The highest BCUT2D eigenvalue weighted by Gasteiger charge is 1.96. The van der Waals surface area contributed by atoms with Crippen LogP contribution in [0.4, 0.5) is 0 Å². The monoisotopic (exact) mass is 251 g/mol. The molecular formula is C12H14BrN. The predicted molar refractivity (Wildman–Crippen MR) is 64.5 cm³/mol. The van der Waals surface area contributed by atoms with Crippen molar-refractivity contribution in [3.05, 3.63) is 35.4 Å². The van der Waals surface area contributed by atoms with Gasteiger partial charge in [-0.15, -0.1) is 0 Å². The summed E-state index contributed by atoms with van der Waals surface area (Å²) >= 11 is 3.35. The van der Waals surface area contributed by atoms with Crippen LogP contribution >= 0.6 is 15.9 Å². The van der Waals surface area contributed by atoms with Crippen molar-refractivity contribution in [2.45, 2.75) is 12.8 Å². The van der Waals surface area contributed by atoms with Gasteiger partial charge < -0.3 is 5.73 Å². The number of alkyl halides is 1. The molecule has 0 saturated heterocycles. The van der Waals surface area contributed by atoms with Gasteiger partial charge in [-0.2, -0.15) is 0 Å². The van der Waals surface area contributed by atoms with E-state index in [0.29, 0.717) is 6.54 Å². The van der Waals surface area contributed by atoms with Crippen LogP contribution in [0.25, 0.3) is 0 Å². The van der Waals surface area contributed by atoms with E-state index in [9.17, 15) is 0 Å². The minimum absolute atomic E-state index is 0.678. The van der Waals surface area contributed by atoms with E-state index in [-0.39, 0.29) is 0 Å². The predicted octanol–water partition coefficient (Wildman–Crippen LogP) is 2.32. The first-order valence-electron chi connectivity index (χ1n) is 4.71. The lowest BCUT2D eigenvalue weighted by Crippen LogP contribution is -2.03. The first-order valence-corrected chi connectivity index (χ1v) is 5.83. The molecule has 0 aliphatic rings. The van der Waals surface area contributed by atoms with Crippen molar-refractivity contribution in [3.63, 3.8) is 0 Å². The molecule has 0 atom stereocenters. The van der Waals surface area contributed by atoms with Crippen molar-refractivity contribution in [3.8, 4) is 11.8 Å². The normalized spacial score (nSPS) is 9.29. The lowest BCUT2D eigenvalue weighted by Gasteiger charge is -2.01. The second-order valence-corrected chi connectivity index (χ2v) is 3.73. The summed E-state index contributed by atoms with van der Waals surface area (Å²) in [6.45, 7) is 0.678. The number of hydrogen-bond donors (Lipinski definition) is 1. The molecule has 0 spiro atoms. The van der Waals surface area contributed by atoms with Crippen molar-refractivity contribution < 1.29 is 0 Å². The highest BCUT2D eigenvalue weighted by molar-refractivity contribution is 9.09. The molecule has 0 saturated carbocycles. The molecule has 0 unspecified atom stereocenters. The Bertz CT molecular complexity index is 336. The maximum Gasteiger partial charge on any atom is 0.0277 e. The van der Waals surface area contributed by atoms with Gasteiger partial charge in [0.1, 0.15) is 0 Å². The van der Waals surface area contributed by atoms with Crippen LogP contribution in [0, 0.1) is 11.8 Å². The van der Waals surface area contributed by atoms with E-state index >= 15 is 0 Å². The highest BCUT2D eigenvalue weighted by atomic mass is 79.9. The van der Waals surface area contributed by atoms with E-state index in [1.807, 2.05) is 18.2 Å². The van der Waals surface area contributed by atoms with Gasteiger partial charge in [-0.3, -0.25) is 0 Å². The quantitative estimate of drug-likeness (QED) is 0.648. The van der Waals surface area contributed by atoms with Crippen LogP contribution in [0.2, 0.25) is 0 Å². The summed E-state index contributed by atoms with van der Waals surface area (Å²) in [6, 6.07) is 8.18. The molecule has 0 amide bonds. The van der Waals surface area contributed by atoms with E-state index in [2.05, 4.69) is 33.8 Å². The van der Waals surface area contributed by atoms with Crippen molar-refractivity contribution in [1.82, 2.24) is 0 Å². The zero-order chi connectivity index (χ0) is 10.2. The summed E-state index contributed by atoms with van der Waals surface area (Å²) in [7, 11) is 0. The zero-order valence-electron chi connectivity index (χ0n) is 8.09. The van der Waals surface area contributed by atoms with E-state index in [0.717, 1.165) is 23.7 Å². The van der Waals surface area contributed by atoms with Crippen molar-refractivity contribution in [2.24, 2.45) is 5.73 Å². The third-order valence-electron chi connectivity index (χ3n) is 1.87. The highest BCUT2D eigenvalue weighted by Crippen LogP contribution is 2.07. The Kier molecular flexibility index (Phi) is 5.36. The van der Waals surface area contributed by atoms with E-state index < -0.39 is 0 Å². The smallest absolute Gasteiger partial charge is 0.0277 e. The molecule has 0 radical (unpaired) electrons. The molecule has 0 fully saturated rings.